The first-order chi connectivity index (χ1) is 7.65. The van der Waals surface area contributed by atoms with E-state index in [2.05, 4.69) is 4.98 Å². The van der Waals surface area contributed by atoms with Gasteiger partial charge in [-0.05, 0) is 18.6 Å². The normalized spacial score (nSPS) is 12.2. The lowest BCUT2D eigenvalue weighted by Gasteiger charge is -2.20. The molecule has 1 amide bonds. The third kappa shape index (κ3) is 3.62. The van der Waals surface area contributed by atoms with Crippen molar-refractivity contribution in [3.8, 4) is 0 Å². The smallest absolute Gasteiger partial charge is 0.239 e. The number of hydrogen-bond acceptors (Lipinski definition) is 3. The summed E-state index contributed by atoms with van der Waals surface area (Å²) in [4.78, 5) is 17.6. The first kappa shape index (κ1) is 12.6. The lowest BCUT2D eigenvalue weighted by Crippen LogP contribution is -2.42. The maximum absolute atomic E-state index is 11.7. The number of nitrogens with two attached hydrogens (primary N) is 1. The second-order valence-electron chi connectivity index (χ2n) is 3.85. The van der Waals surface area contributed by atoms with E-state index in [1.54, 1.807) is 18.1 Å². The SMILES string of the molecule is CC[C@@H](N)C(=O)N(C)CCc1ccccn1. The molecular weight excluding hydrogens is 202 g/mol. The van der Waals surface area contributed by atoms with E-state index in [4.69, 9.17) is 5.73 Å². The van der Waals surface area contributed by atoms with Gasteiger partial charge >= 0.3 is 0 Å². The third-order valence-electron chi connectivity index (χ3n) is 2.56. The van der Waals surface area contributed by atoms with E-state index < -0.39 is 0 Å². The molecule has 88 valence electrons. The van der Waals surface area contributed by atoms with Crippen LogP contribution in [0.15, 0.2) is 24.4 Å². The van der Waals surface area contributed by atoms with Gasteiger partial charge in [0, 0.05) is 31.9 Å². The van der Waals surface area contributed by atoms with E-state index in [9.17, 15) is 4.79 Å². The molecule has 16 heavy (non-hydrogen) atoms. The predicted octanol–water partition coefficient (Wildman–Crippen LogP) is 0.820. The Hall–Kier alpha value is -1.42. The molecule has 1 aromatic rings. The minimum absolute atomic E-state index is 0.00145. The molecule has 0 unspecified atom stereocenters. The molecule has 0 spiro atoms. The number of pyridine rings is 1. The van der Waals surface area contributed by atoms with Gasteiger partial charge in [0.25, 0.3) is 0 Å². The van der Waals surface area contributed by atoms with Gasteiger partial charge in [-0.1, -0.05) is 13.0 Å². The van der Waals surface area contributed by atoms with Crippen LogP contribution in [0.2, 0.25) is 0 Å². The van der Waals surface area contributed by atoms with Crippen molar-refractivity contribution < 1.29 is 4.79 Å². The lowest BCUT2D eigenvalue weighted by atomic mass is 10.2. The Balaban J connectivity index is 2.41. The van der Waals surface area contributed by atoms with Gasteiger partial charge in [-0.25, -0.2) is 0 Å². The van der Waals surface area contributed by atoms with Crippen molar-refractivity contribution in [2.24, 2.45) is 5.73 Å². The van der Waals surface area contributed by atoms with Gasteiger partial charge in [0.2, 0.25) is 5.91 Å². The number of aromatic nitrogens is 1. The molecule has 0 saturated heterocycles. The van der Waals surface area contributed by atoms with Crippen molar-refractivity contribution in [3.05, 3.63) is 30.1 Å². The Morgan fingerprint density at radius 1 is 1.56 bits per heavy atom. The molecule has 4 heteroatoms. The van der Waals surface area contributed by atoms with Gasteiger partial charge < -0.3 is 10.6 Å². The molecule has 0 saturated carbocycles. The molecule has 0 aliphatic rings. The summed E-state index contributed by atoms with van der Waals surface area (Å²) in [6.07, 6.45) is 3.20. The highest BCUT2D eigenvalue weighted by Crippen LogP contribution is 1.99. The summed E-state index contributed by atoms with van der Waals surface area (Å²) in [6.45, 7) is 2.57. The summed E-state index contributed by atoms with van der Waals surface area (Å²) in [5.41, 5.74) is 6.67. The highest BCUT2D eigenvalue weighted by atomic mass is 16.2. The van der Waals surface area contributed by atoms with Gasteiger partial charge in [0.15, 0.2) is 0 Å². The quantitative estimate of drug-likeness (QED) is 0.800. The Morgan fingerprint density at radius 3 is 2.88 bits per heavy atom. The summed E-state index contributed by atoms with van der Waals surface area (Å²) in [5, 5.41) is 0. The van der Waals surface area contributed by atoms with Crippen LogP contribution in [0.25, 0.3) is 0 Å². The summed E-state index contributed by atoms with van der Waals surface area (Å²) < 4.78 is 0. The number of likely N-dealkylation sites (N-methyl/N-ethyl adjacent to an activating group) is 1. The Labute approximate surface area is 96.5 Å². The standard InChI is InChI=1S/C12H19N3O/c1-3-11(13)12(16)15(2)9-7-10-6-4-5-8-14-10/h4-6,8,11H,3,7,9,13H2,1-2H3/t11-/m1/s1. The molecule has 0 radical (unpaired) electrons. The molecule has 0 aromatic carbocycles. The van der Waals surface area contributed by atoms with Crippen molar-refractivity contribution >= 4 is 5.91 Å². The molecule has 4 nitrogen and oxygen atoms in total. The zero-order chi connectivity index (χ0) is 12.0. The molecular formula is C12H19N3O. The number of nitrogens with zero attached hydrogens (tertiary/aromatic N) is 2. The number of hydrogen-bond donors (Lipinski definition) is 1. The maximum Gasteiger partial charge on any atom is 0.239 e. The Morgan fingerprint density at radius 2 is 2.31 bits per heavy atom. The zero-order valence-corrected chi connectivity index (χ0v) is 9.89. The minimum atomic E-state index is -0.381. The summed E-state index contributed by atoms with van der Waals surface area (Å²) in [7, 11) is 1.78. The van der Waals surface area contributed by atoms with Crippen LogP contribution in [-0.4, -0.2) is 35.4 Å². The average molecular weight is 221 g/mol. The van der Waals surface area contributed by atoms with Gasteiger partial charge in [-0.2, -0.15) is 0 Å². The van der Waals surface area contributed by atoms with Crippen molar-refractivity contribution in [2.75, 3.05) is 13.6 Å². The largest absolute Gasteiger partial charge is 0.344 e. The molecule has 0 bridgehead atoms. The Kier molecular flexibility index (Phi) is 4.92. The van der Waals surface area contributed by atoms with Gasteiger partial charge in [-0.15, -0.1) is 0 Å². The van der Waals surface area contributed by atoms with E-state index >= 15 is 0 Å². The van der Waals surface area contributed by atoms with E-state index in [-0.39, 0.29) is 11.9 Å². The first-order valence-corrected chi connectivity index (χ1v) is 5.55. The topological polar surface area (TPSA) is 59.2 Å². The second-order valence-corrected chi connectivity index (χ2v) is 3.85. The molecule has 1 aromatic heterocycles. The number of amides is 1. The van der Waals surface area contributed by atoms with Gasteiger partial charge in [0.05, 0.1) is 6.04 Å². The molecule has 1 heterocycles. The molecule has 0 aliphatic heterocycles. The number of carbonyl (C=O) groups is 1. The number of carbonyl (C=O) groups excluding carboxylic acids is 1. The van der Waals surface area contributed by atoms with Crippen LogP contribution < -0.4 is 5.73 Å². The molecule has 2 N–H and O–H groups in total. The van der Waals surface area contributed by atoms with Crippen molar-refractivity contribution in [3.63, 3.8) is 0 Å². The average Bonchev–Trinajstić information content (AvgIpc) is 2.35. The molecule has 0 aliphatic carbocycles. The van der Waals surface area contributed by atoms with Crippen molar-refractivity contribution in [1.29, 1.82) is 0 Å². The van der Waals surface area contributed by atoms with Crippen LogP contribution in [0.5, 0.6) is 0 Å². The third-order valence-corrected chi connectivity index (χ3v) is 2.56. The summed E-state index contributed by atoms with van der Waals surface area (Å²) in [5.74, 6) is -0.00145. The Bertz CT molecular complexity index is 326. The van der Waals surface area contributed by atoms with Crippen LogP contribution in [0, 0.1) is 0 Å². The fourth-order valence-corrected chi connectivity index (χ4v) is 1.40. The van der Waals surface area contributed by atoms with Crippen LogP contribution >= 0.6 is 0 Å². The predicted molar refractivity (Wildman–Crippen MR) is 63.8 cm³/mol. The summed E-state index contributed by atoms with van der Waals surface area (Å²) in [6, 6.07) is 5.40. The second kappa shape index (κ2) is 6.23. The fourth-order valence-electron chi connectivity index (χ4n) is 1.40. The molecule has 1 rings (SSSR count). The van der Waals surface area contributed by atoms with Crippen LogP contribution in [-0.2, 0) is 11.2 Å². The minimum Gasteiger partial charge on any atom is -0.344 e. The van der Waals surface area contributed by atoms with Crippen LogP contribution in [0.3, 0.4) is 0 Å². The van der Waals surface area contributed by atoms with Crippen LogP contribution in [0.1, 0.15) is 19.0 Å². The molecule has 0 fully saturated rings. The van der Waals surface area contributed by atoms with E-state index in [1.807, 2.05) is 25.1 Å². The summed E-state index contributed by atoms with van der Waals surface area (Å²) >= 11 is 0. The van der Waals surface area contributed by atoms with E-state index in [1.165, 1.54) is 0 Å². The van der Waals surface area contributed by atoms with Crippen molar-refractivity contribution in [1.82, 2.24) is 9.88 Å². The lowest BCUT2D eigenvalue weighted by molar-refractivity contribution is -0.131. The maximum atomic E-state index is 11.7. The van der Waals surface area contributed by atoms with Gasteiger partial charge in [0.1, 0.15) is 0 Å². The highest BCUT2D eigenvalue weighted by Gasteiger charge is 2.15. The van der Waals surface area contributed by atoms with E-state index in [0.717, 1.165) is 12.1 Å². The monoisotopic (exact) mass is 221 g/mol. The zero-order valence-electron chi connectivity index (χ0n) is 9.89. The highest BCUT2D eigenvalue weighted by molar-refractivity contribution is 5.81. The van der Waals surface area contributed by atoms with Crippen LogP contribution in [0.4, 0.5) is 0 Å². The van der Waals surface area contributed by atoms with Crippen molar-refractivity contribution in [2.45, 2.75) is 25.8 Å². The first-order valence-electron chi connectivity index (χ1n) is 5.55. The number of rotatable bonds is 5. The van der Waals surface area contributed by atoms with Gasteiger partial charge in [-0.3, -0.25) is 9.78 Å². The van der Waals surface area contributed by atoms with E-state index in [0.29, 0.717) is 13.0 Å². The molecule has 1 atom stereocenters. The fraction of sp³-hybridized carbons (Fsp3) is 0.500.